The van der Waals surface area contributed by atoms with Gasteiger partial charge in [0.2, 0.25) is 11.8 Å². The van der Waals surface area contributed by atoms with Crippen LogP contribution in [0, 0.1) is 11.7 Å². The average Bonchev–Trinajstić information content (AvgIpc) is 2.93. The van der Waals surface area contributed by atoms with Crippen LogP contribution in [0.5, 0.6) is 0 Å². The number of halogens is 1. The van der Waals surface area contributed by atoms with E-state index in [9.17, 15) is 14.0 Å². The van der Waals surface area contributed by atoms with Crippen LogP contribution < -0.4 is 10.6 Å². The molecule has 1 atom stereocenters. The van der Waals surface area contributed by atoms with Crippen molar-refractivity contribution in [3.8, 4) is 0 Å². The second-order valence-corrected chi connectivity index (χ2v) is 6.93. The zero-order valence-corrected chi connectivity index (χ0v) is 14.6. The van der Waals surface area contributed by atoms with Gasteiger partial charge in [0.1, 0.15) is 11.9 Å². The van der Waals surface area contributed by atoms with Gasteiger partial charge < -0.3 is 10.6 Å². The highest BCUT2D eigenvalue weighted by molar-refractivity contribution is 7.15. The minimum absolute atomic E-state index is 0.0493. The highest BCUT2D eigenvalue weighted by Gasteiger charge is 2.23. The Morgan fingerprint density at radius 1 is 1.29 bits per heavy atom. The van der Waals surface area contributed by atoms with E-state index < -0.39 is 6.04 Å². The van der Waals surface area contributed by atoms with E-state index in [1.807, 2.05) is 13.8 Å². The van der Waals surface area contributed by atoms with Crippen molar-refractivity contribution in [1.29, 1.82) is 0 Å². The monoisotopic (exact) mass is 349 g/mol. The summed E-state index contributed by atoms with van der Waals surface area (Å²) in [4.78, 5) is 28.5. The Morgan fingerprint density at radius 2 is 2.00 bits per heavy atom. The third-order valence-corrected chi connectivity index (χ3v) is 4.33. The smallest absolute Gasteiger partial charge is 0.248 e. The van der Waals surface area contributed by atoms with Crippen molar-refractivity contribution in [2.45, 2.75) is 33.2 Å². The van der Waals surface area contributed by atoms with Gasteiger partial charge in [-0.15, -0.1) is 11.3 Å². The van der Waals surface area contributed by atoms with Crippen LogP contribution in [-0.2, 0) is 16.0 Å². The molecule has 0 fully saturated rings. The molecule has 2 aromatic rings. The number of hydrogen-bond acceptors (Lipinski definition) is 4. The van der Waals surface area contributed by atoms with Crippen molar-refractivity contribution >= 4 is 28.3 Å². The van der Waals surface area contributed by atoms with Gasteiger partial charge in [0.25, 0.3) is 0 Å². The molecule has 1 heterocycles. The Labute approximate surface area is 144 Å². The number of thiazole rings is 1. The first-order valence-corrected chi connectivity index (χ1v) is 8.44. The lowest BCUT2D eigenvalue weighted by molar-refractivity contribution is -0.126. The number of nitrogens with zero attached hydrogens (tertiary/aromatic N) is 1. The third-order valence-electron chi connectivity index (χ3n) is 3.41. The average molecular weight is 349 g/mol. The van der Waals surface area contributed by atoms with Crippen LogP contribution in [0.4, 0.5) is 9.52 Å². The van der Waals surface area contributed by atoms with Gasteiger partial charge in [0.05, 0.1) is 0 Å². The number of hydrogen-bond donors (Lipinski definition) is 2. The quantitative estimate of drug-likeness (QED) is 0.842. The number of anilines is 1. The molecule has 0 saturated heterocycles. The second-order valence-electron chi connectivity index (χ2n) is 5.81. The zero-order chi connectivity index (χ0) is 17.7. The molecule has 0 bridgehead atoms. The normalized spacial score (nSPS) is 12.0. The van der Waals surface area contributed by atoms with Crippen molar-refractivity contribution in [2.75, 3.05) is 5.32 Å². The minimum Gasteiger partial charge on any atom is -0.344 e. The SMILES string of the molecule is CC(=O)NC(C(=O)Nc1ncc(Cc2ccccc2F)s1)C(C)C. The molecule has 128 valence electrons. The van der Waals surface area contributed by atoms with Gasteiger partial charge in [0, 0.05) is 24.4 Å². The number of carbonyl (C=O) groups excluding carboxylic acids is 2. The maximum absolute atomic E-state index is 13.7. The van der Waals surface area contributed by atoms with Crippen molar-refractivity contribution in [1.82, 2.24) is 10.3 Å². The lowest BCUT2D eigenvalue weighted by Crippen LogP contribution is -2.46. The van der Waals surface area contributed by atoms with Crippen LogP contribution in [-0.4, -0.2) is 22.8 Å². The van der Waals surface area contributed by atoms with Gasteiger partial charge in [-0.3, -0.25) is 9.59 Å². The summed E-state index contributed by atoms with van der Waals surface area (Å²) in [7, 11) is 0. The number of nitrogens with one attached hydrogen (secondary N) is 2. The molecule has 2 N–H and O–H groups in total. The molecule has 5 nitrogen and oxygen atoms in total. The molecule has 24 heavy (non-hydrogen) atoms. The van der Waals surface area contributed by atoms with E-state index in [0.29, 0.717) is 17.1 Å². The molecule has 7 heteroatoms. The molecule has 1 aromatic carbocycles. The Bertz CT molecular complexity index is 730. The number of amides is 2. The van der Waals surface area contributed by atoms with E-state index in [2.05, 4.69) is 15.6 Å². The van der Waals surface area contributed by atoms with Gasteiger partial charge in [0.15, 0.2) is 5.13 Å². The first-order valence-electron chi connectivity index (χ1n) is 7.63. The van der Waals surface area contributed by atoms with Crippen LogP contribution in [0.25, 0.3) is 0 Å². The van der Waals surface area contributed by atoms with E-state index in [1.54, 1.807) is 24.4 Å². The Balaban J connectivity index is 2.04. The van der Waals surface area contributed by atoms with Crippen LogP contribution >= 0.6 is 11.3 Å². The summed E-state index contributed by atoms with van der Waals surface area (Å²) >= 11 is 1.29. The summed E-state index contributed by atoms with van der Waals surface area (Å²) in [6.07, 6.45) is 2.04. The summed E-state index contributed by atoms with van der Waals surface area (Å²) in [5.41, 5.74) is 0.581. The fourth-order valence-electron chi connectivity index (χ4n) is 2.21. The molecule has 2 rings (SSSR count). The maximum atomic E-state index is 13.7. The van der Waals surface area contributed by atoms with Crippen molar-refractivity contribution in [3.05, 3.63) is 46.7 Å². The molecule has 2 amide bonds. The van der Waals surface area contributed by atoms with Crippen molar-refractivity contribution in [2.24, 2.45) is 5.92 Å². The maximum Gasteiger partial charge on any atom is 0.248 e. The van der Waals surface area contributed by atoms with Crippen LogP contribution in [0.3, 0.4) is 0 Å². The number of benzene rings is 1. The molecular weight excluding hydrogens is 329 g/mol. The molecule has 1 unspecified atom stereocenters. The van der Waals surface area contributed by atoms with E-state index in [4.69, 9.17) is 0 Å². The molecule has 0 aliphatic heterocycles. The number of rotatable bonds is 6. The largest absolute Gasteiger partial charge is 0.344 e. The summed E-state index contributed by atoms with van der Waals surface area (Å²) in [6.45, 7) is 5.08. The van der Waals surface area contributed by atoms with Crippen LogP contribution in [0.15, 0.2) is 30.5 Å². The van der Waals surface area contributed by atoms with E-state index in [-0.39, 0.29) is 23.5 Å². The highest BCUT2D eigenvalue weighted by atomic mass is 32.1. The topological polar surface area (TPSA) is 71.1 Å². The summed E-state index contributed by atoms with van der Waals surface area (Å²) in [5.74, 6) is -0.885. The molecule has 0 aliphatic rings. The first kappa shape index (κ1) is 18.1. The van der Waals surface area contributed by atoms with Crippen molar-refractivity contribution in [3.63, 3.8) is 0 Å². The fourth-order valence-corrected chi connectivity index (χ4v) is 3.05. The zero-order valence-electron chi connectivity index (χ0n) is 13.8. The van der Waals surface area contributed by atoms with E-state index in [1.165, 1.54) is 24.3 Å². The molecule has 0 aliphatic carbocycles. The summed E-state index contributed by atoms with van der Waals surface area (Å²) in [6, 6.07) is 5.94. The molecule has 0 radical (unpaired) electrons. The Hall–Kier alpha value is -2.28. The van der Waals surface area contributed by atoms with Gasteiger partial charge in [-0.1, -0.05) is 32.0 Å². The number of aromatic nitrogens is 1. The van der Waals surface area contributed by atoms with E-state index in [0.717, 1.165) is 4.88 Å². The molecule has 0 spiro atoms. The summed E-state index contributed by atoms with van der Waals surface area (Å²) < 4.78 is 13.7. The predicted octanol–water partition coefficient (Wildman–Crippen LogP) is 2.97. The van der Waals surface area contributed by atoms with Gasteiger partial charge in [-0.05, 0) is 17.5 Å². The molecular formula is C17H20FN3O2S. The van der Waals surface area contributed by atoms with Gasteiger partial charge in [-0.25, -0.2) is 9.37 Å². The standard InChI is InChI=1S/C17H20FN3O2S/c1-10(2)15(20-11(3)22)16(23)21-17-19-9-13(24-17)8-12-6-4-5-7-14(12)18/h4-7,9-10,15H,8H2,1-3H3,(H,20,22)(H,19,21,23). The second kappa shape index (κ2) is 8.01. The minimum atomic E-state index is -0.624. The van der Waals surface area contributed by atoms with E-state index >= 15 is 0 Å². The van der Waals surface area contributed by atoms with Crippen LogP contribution in [0.1, 0.15) is 31.2 Å². The van der Waals surface area contributed by atoms with Gasteiger partial charge in [-0.2, -0.15) is 0 Å². The van der Waals surface area contributed by atoms with Crippen LogP contribution in [0.2, 0.25) is 0 Å². The first-order chi connectivity index (χ1) is 11.4. The van der Waals surface area contributed by atoms with Crippen molar-refractivity contribution < 1.29 is 14.0 Å². The van der Waals surface area contributed by atoms with Gasteiger partial charge >= 0.3 is 0 Å². The summed E-state index contributed by atoms with van der Waals surface area (Å²) in [5, 5.41) is 5.77. The Morgan fingerprint density at radius 3 is 2.62 bits per heavy atom. The lowest BCUT2D eigenvalue weighted by atomic mass is 10.0. The molecule has 0 saturated carbocycles. The Kier molecular flexibility index (Phi) is 6.03. The number of carbonyl (C=O) groups is 2. The molecule has 1 aromatic heterocycles. The predicted molar refractivity (Wildman–Crippen MR) is 92.4 cm³/mol. The third kappa shape index (κ3) is 4.86. The fraction of sp³-hybridized carbons (Fsp3) is 0.353. The highest BCUT2D eigenvalue weighted by Crippen LogP contribution is 2.22. The lowest BCUT2D eigenvalue weighted by Gasteiger charge is -2.20.